The summed E-state index contributed by atoms with van der Waals surface area (Å²) in [6, 6.07) is 8.10. The number of carbonyl (C=O) groups excluding carboxylic acids is 1. The van der Waals surface area contributed by atoms with E-state index in [2.05, 4.69) is 21.2 Å². The standard InChI is InChI=1S/C15H20BrNO2/c1-3-13(16)15(18)17-14(10-4-5-10)11-6-8-12(19-2)9-7-11/h6-10,13-14H,3-5H2,1-2H3,(H,17,18). The number of rotatable bonds is 6. The van der Waals surface area contributed by atoms with Crippen LogP contribution in [0.15, 0.2) is 24.3 Å². The van der Waals surface area contributed by atoms with Crippen LogP contribution in [0.3, 0.4) is 0 Å². The predicted octanol–water partition coefficient (Wildman–Crippen LogP) is 3.44. The number of nitrogens with one attached hydrogen (secondary N) is 1. The van der Waals surface area contributed by atoms with Crippen molar-refractivity contribution in [3.63, 3.8) is 0 Å². The van der Waals surface area contributed by atoms with Gasteiger partial charge in [0.1, 0.15) is 5.75 Å². The Labute approximate surface area is 122 Å². The minimum Gasteiger partial charge on any atom is -0.497 e. The number of alkyl halides is 1. The summed E-state index contributed by atoms with van der Waals surface area (Å²) >= 11 is 3.40. The Balaban J connectivity index is 2.08. The van der Waals surface area contributed by atoms with Gasteiger partial charge < -0.3 is 10.1 Å². The Morgan fingerprint density at radius 3 is 2.53 bits per heavy atom. The number of hydrogen-bond donors (Lipinski definition) is 1. The fraction of sp³-hybridized carbons (Fsp3) is 0.533. The topological polar surface area (TPSA) is 38.3 Å². The molecule has 0 saturated heterocycles. The van der Waals surface area contributed by atoms with Crippen LogP contribution >= 0.6 is 15.9 Å². The normalized spacial score (nSPS) is 17.6. The Hall–Kier alpha value is -1.03. The van der Waals surface area contributed by atoms with Gasteiger partial charge in [0.2, 0.25) is 5.91 Å². The molecule has 0 aromatic heterocycles. The first kappa shape index (κ1) is 14.4. The van der Waals surface area contributed by atoms with E-state index in [1.165, 1.54) is 12.8 Å². The minimum atomic E-state index is -0.105. The molecule has 1 aliphatic carbocycles. The van der Waals surface area contributed by atoms with Gasteiger partial charge in [-0.2, -0.15) is 0 Å². The molecule has 0 aliphatic heterocycles. The lowest BCUT2D eigenvalue weighted by Gasteiger charge is -2.20. The van der Waals surface area contributed by atoms with Crippen LogP contribution in [-0.2, 0) is 4.79 Å². The van der Waals surface area contributed by atoms with Gasteiger partial charge in [-0.25, -0.2) is 0 Å². The number of halogens is 1. The third-order valence-electron chi connectivity index (χ3n) is 3.51. The average Bonchev–Trinajstić information content (AvgIpc) is 3.28. The number of methoxy groups -OCH3 is 1. The van der Waals surface area contributed by atoms with Crippen molar-refractivity contribution in [2.24, 2.45) is 5.92 Å². The van der Waals surface area contributed by atoms with Gasteiger partial charge in [-0.3, -0.25) is 4.79 Å². The molecule has 1 fully saturated rings. The summed E-state index contributed by atoms with van der Waals surface area (Å²) in [5.74, 6) is 1.50. The van der Waals surface area contributed by atoms with Crippen LogP contribution in [0.1, 0.15) is 37.8 Å². The van der Waals surface area contributed by atoms with Crippen molar-refractivity contribution in [1.82, 2.24) is 5.32 Å². The molecule has 0 heterocycles. The lowest BCUT2D eigenvalue weighted by molar-refractivity contribution is -0.121. The second-order valence-corrected chi connectivity index (χ2v) is 6.08. The molecular formula is C15H20BrNO2. The van der Waals surface area contributed by atoms with E-state index in [0.717, 1.165) is 17.7 Å². The van der Waals surface area contributed by atoms with E-state index in [1.807, 2.05) is 31.2 Å². The van der Waals surface area contributed by atoms with Crippen LogP contribution in [-0.4, -0.2) is 17.8 Å². The zero-order chi connectivity index (χ0) is 13.8. The first-order valence-corrected chi connectivity index (χ1v) is 7.65. The summed E-state index contributed by atoms with van der Waals surface area (Å²) in [4.78, 5) is 11.9. The highest BCUT2D eigenvalue weighted by atomic mass is 79.9. The molecule has 1 aliphatic rings. The molecule has 19 heavy (non-hydrogen) atoms. The maximum atomic E-state index is 12.0. The molecule has 1 N–H and O–H groups in total. The van der Waals surface area contributed by atoms with Gasteiger partial charge in [-0.15, -0.1) is 0 Å². The maximum Gasteiger partial charge on any atom is 0.234 e. The second-order valence-electron chi connectivity index (χ2n) is 4.97. The van der Waals surface area contributed by atoms with Crippen LogP contribution in [0.4, 0.5) is 0 Å². The summed E-state index contributed by atoms with van der Waals surface area (Å²) in [7, 11) is 1.66. The average molecular weight is 326 g/mol. The zero-order valence-electron chi connectivity index (χ0n) is 11.4. The van der Waals surface area contributed by atoms with Crippen molar-refractivity contribution in [2.45, 2.75) is 37.1 Å². The third kappa shape index (κ3) is 3.72. The highest BCUT2D eigenvalue weighted by Crippen LogP contribution is 2.41. The lowest BCUT2D eigenvalue weighted by Crippen LogP contribution is -2.35. The van der Waals surface area contributed by atoms with Gasteiger partial charge in [-0.05, 0) is 42.9 Å². The van der Waals surface area contributed by atoms with Crippen molar-refractivity contribution in [2.75, 3.05) is 7.11 Å². The Morgan fingerprint density at radius 2 is 2.05 bits per heavy atom. The number of ether oxygens (including phenoxy) is 1. The first-order valence-electron chi connectivity index (χ1n) is 6.74. The molecule has 2 unspecified atom stereocenters. The molecular weight excluding hydrogens is 306 g/mol. The molecule has 1 amide bonds. The van der Waals surface area contributed by atoms with Crippen LogP contribution in [0.25, 0.3) is 0 Å². The molecule has 0 radical (unpaired) electrons. The van der Waals surface area contributed by atoms with E-state index in [-0.39, 0.29) is 16.8 Å². The van der Waals surface area contributed by atoms with E-state index >= 15 is 0 Å². The summed E-state index contributed by atoms with van der Waals surface area (Å²) in [6.07, 6.45) is 3.18. The molecule has 2 atom stereocenters. The van der Waals surface area contributed by atoms with Crippen LogP contribution in [0, 0.1) is 5.92 Å². The van der Waals surface area contributed by atoms with Crippen molar-refractivity contribution in [3.8, 4) is 5.75 Å². The number of amides is 1. The monoisotopic (exact) mass is 325 g/mol. The van der Waals surface area contributed by atoms with Gasteiger partial charge in [0.05, 0.1) is 18.0 Å². The lowest BCUT2D eigenvalue weighted by atomic mass is 10.0. The van der Waals surface area contributed by atoms with Crippen molar-refractivity contribution < 1.29 is 9.53 Å². The maximum absolute atomic E-state index is 12.0. The number of carbonyl (C=O) groups is 1. The highest BCUT2D eigenvalue weighted by molar-refractivity contribution is 9.10. The SMILES string of the molecule is CCC(Br)C(=O)NC(c1ccc(OC)cc1)C1CC1. The molecule has 1 aromatic carbocycles. The number of benzene rings is 1. The van der Waals surface area contributed by atoms with Gasteiger partial charge in [0.15, 0.2) is 0 Å². The number of hydrogen-bond acceptors (Lipinski definition) is 2. The minimum absolute atomic E-state index is 0.0789. The van der Waals surface area contributed by atoms with Crippen molar-refractivity contribution >= 4 is 21.8 Å². The molecule has 0 bridgehead atoms. The van der Waals surface area contributed by atoms with Crippen LogP contribution in [0.5, 0.6) is 5.75 Å². The van der Waals surface area contributed by atoms with Gasteiger partial charge in [0.25, 0.3) is 0 Å². The summed E-state index contributed by atoms with van der Waals surface area (Å²) in [5, 5.41) is 3.16. The Morgan fingerprint density at radius 1 is 1.42 bits per heavy atom. The van der Waals surface area contributed by atoms with E-state index in [1.54, 1.807) is 7.11 Å². The Kier molecular flexibility index (Phi) is 4.86. The third-order valence-corrected chi connectivity index (χ3v) is 4.57. The largest absolute Gasteiger partial charge is 0.497 e. The van der Waals surface area contributed by atoms with E-state index in [9.17, 15) is 4.79 Å². The summed E-state index contributed by atoms with van der Waals surface area (Å²) < 4.78 is 5.17. The molecule has 0 spiro atoms. The molecule has 104 valence electrons. The van der Waals surface area contributed by atoms with Gasteiger partial charge in [0, 0.05) is 0 Å². The van der Waals surface area contributed by atoms with Crippen LogP contribution < -0.4 is 10.1 Å². The molecule has 1 saturated carbocycles. The predicted molar refractivity (Wildman–Crippen MR) is 79.6 cm³/mol. The molecule has 1 aromatic rings. The molecule has 2 rings (SSSR count). The zero-order valence-corrected chi connectivity index (χ0v) is 12.9. The Bertz CT molecular complexity index is 428. The smallest absolute Gasteiger partial charge is 0.234 e. The quantitative estimate of drug-likeness (QED) is 0.814. The molecule has 4 heteroatoms. The van der Waals surface area contributed by atoms with E-state index < -0.39 is 0 Å². The highest BCUT2D eigenvalue weighted by Gasteiger charge is 2.34. The fourth-order valence-corrected chi connectivity index (χ4v) is 2.28. The van der Waals surface area contributed by atoms with E-state index in [0.29, 0.717) is 5.92 Å². The van der Waals surface area contributed by atoms with Crippen molar-refractivity contribution in [1.29, 1.82) is 0 Å². The van der Waals surface area contributed by atoms with Gasteiger partial charge >= 0.3 is 0 Å². The second kappa shape index (κ2) is 6.42. The fourth-order valence-electron chi connectivity index (χ4n) is 2.14. The van der Waals surface area contributed by atoms with Gasteiger partial charge in [-0.1, -0.05) is 35.0 Å². The van der Waals surface area contributed by atoms with Crippen molar-refractivity contribution in [3.05, 3.63) is 29.8 Å². The summed E-state index contributed by atoms with van der Waals surface area (Å²) in [6.45, 7) is 2.00. The first-order chi connectivity index (χ1) is 9.15. The summed E-state index contributed by atoms with van der Waals surface area (Å²) in [5.41, 5.74) is 1.16. The van der Waals surface area contributed by atoms with E-state index in [4.69, 9.17) is 4.74 Å². The molecule has 3 nitrogen and oxygen atoms in total. The van der Waals surface area contributed by atoms with Crippen LogP contribution in [0.2, 0.25) is 0 Å².